The minimum Gasteiger partial charge on any atom is -0.444 e. The molecule has 43 heavy (non-hydrogen) atoms. The molecule has 12 heteroatoms. The molecule has 2 heterocycles. The van der Waals surface area contributed by atoms with Gasteiger partial charge in [0.1, 0.15) is 17.2 Å². The Morgan fingerprint density at radius 3 is 2.09 bits per heavy atom. The first-order valence-corrected chi connectivity index (χ1v) is 15.9. The quantitative estimate of drug-likeness (QED) is 0.464. The largest absolute Gasteiger partial charge is 0.444 e. The van der Waals surface area contributed by atoms with Crippen LogP contribution >= 0.6 is 0 Å². The molecular weight excluding hydrogens is 570 g/mol. The Hall–Kier alpha value is -3.50. The van der Waals surface area contributed by atoms with Crippen LogP contribution in [0.3, 0.4) is 0 Å². The normalized spacial score (nSPS) is 18.7. The van der Waals surface area contributed by atoms with Gasteiger partial charge < -0.3 is 25.0 Å². The lowest BCUT2D eigenvalue weighted by molar-refractivity contribution is -0.132. The second-order valence-corrected chi connectivity index (χ2v) is 14.0. The SMILES string of the molecule is CN1CCN(S(=O)(=O)c2ccc(-c3ccc(C[C@@H](C#N)NC(=O)C4(NC(=O)OC(C)(C)C)CCOCC4)cc3)cc2)CC1. The van der Waals surface area contributed by atoms with Crippen LogP contribution in [0.15, 0.2) is 53.4 Å². The molecule has 2 aromatic carbocycles. The van der Waals surface area contributed by atoms with Gasteiger partial charge >= 0.3 is 6.09 Å². The number of ether oxygens (including phenoxy) is 2. The van der Waals surface area contributed by atoms with E-state index in [-0.39, 0.29) is 24.2 Å². The molecule has 2 aliphatic rings. The first-order chi connectivity index (χ1) is 20.3. The van der Waals surface area contributed by atoms with Gasteiger partial charge in [-0.3, -0.25) is 4.79 Å². The maximum atomic E-state index is 13.4. The molecule has 0 aliphatic carbocycles. The second kappa shape index (κ2) is 13.4. The number of alkyl carbamates (subject to hydrolysis) is 1. The molecule has 0 saturated carbocycles. The van der Waals surface area contributed by atoms with Crippen LogP contribution in [-0.4, -0.2) is 93.2 Å². The van der Waals surface area contributed by atoms with Gasteiger partial charge in [-0.1, -0.05) is 36.4 Å². The summed E-state index contributed by atoms with van der Waals surface area (Å²) in [7, 11) is -1.56. The van der Waals surface area contributed by atoms with Crippen LogP contribution in [0.1, 0.15) is 39.2 Å². The predicted molar refractivity (Wildman–Crippen MR) is 162 cm³/mol. The lowest BCUT2D eigenvalue weighted by atomic mass is 9.88. The van der Waals surface area contributed by atoms with Crippen molar-refractivity contribution < 1.29 is 27.5 Å². The van der Waals surface area contributed by atoms with Gasteiger partial charge in [-0.15, -0.1) is 0 Å². The van der Waals surface area contributed by atoms with Gasteiger partial charge in [0.2, 0.25) is 15.9 Å². The van der Waals surface area contributed by atoms with E-state index in [2.05, 4.69) is 21.6 Å². The average Bonchev–Trinajstić information content (AvgIpc) is 2.97. The van der Waals surface area contributed by atoms with E-state index in [0.29, 0.717) is 39.4 Å². The summed E-state index contributed by atoms with van der Waals surface area (Å²) >= 11 is 0. The van der Waals surface area contributed by atoms with Gasteiger partial charge in [0, 0.05) is 58.7 Å². The summed E-state index contributed by atoms with van der Waals surface area (Å²) in [5.74, 6) is -0.448. The number of hydrogen-bond donors (Lipinski definition) is 2. The number of benzene rings is 2. The highest BCUT2D eigenvalue weighted by atomic mass is 32.2. The molecule has 1 atom stereocenters. The summed E-state index contributed by atoms with van der Waals surface area (Å²) in [5.41, 5.74) is 0.643. The summed E-state index contributed by atoms with van der Waals surface area (Å²) in [4.78, 5) is 28.3. The molecule has 0 bridgehead atoms. The van der Waals surface area contributed by atoms with Gasteiger partial charge in [0.25, 0.3) is 0 Å². The Labute approximate surface area is 254 Å². The van der Waals surface area contributed by atoms with E-state index in [1.807, 2.05) is 31.3 Å². The highest BCUT2D eigenvalue weighted by Crippen LogP contribution is 2.25. The van der Waals surface area contributed by atoms with Crippen LogP contribution in [0.25, 0.3) is 11.1 Å². The molecule has 11 nitrogen and oxygen atoms in total. The van der Waals surface area contributed by atoms with E-state index in [4.69, 9.17) is 9.47 Å². The van der Waals surface area contributed by atoms with Crippen molar-refractivity contribution in [2.75, 3.05) is 46.4 Å². The standard InChI is InChI=1S/C31H41N5O6S/c1-30(2,3)42-29(38)34-31(13-19-41-20-14-31)28(37)33-26(22-32)21-23-5-7-24(8-6-23)25-9-11-27(12-10-25)43(39,40)36-17-15-35(4)16-18-36/h5-12,26H,13-21H2,1-4H3,(H,33,37)(H,34,38)/t26-/m0/s1. The molecule has 2 amide bonds. The van der Waals surface area contributed by atoms with Crippen molar-refractivity contribution in [2.45, 2.75) is 62.1 Å². The molecule has 0 aromatic heterocycles. The molecule has 2 saturated heterocycles. The van der Waals surface area contributed by atoms with Crippen LogP contribution < -0.4 is 10.6 Å². The van der Waals surface area contributed by atoms with Crippen LogP contribution in [0.5, 0.6) is 0 Å². The fourth-order valence-corrected chi connectivity index (χ4v) is 6.54. The van der Waals surface area contributed by atoms with Crippen molar-refractivity contribution in [3.05, 3.63) is 54.1 Å². The second-order valence-electron chi connectivity index (χ2n) is 12.1. The number of piperazine rings is 1. The van der Waals surface area contributed by atoms with E-state index < -0.39 is 39.2 Å². The fraction of sp³-hybridized carbons (Fsp3) is 0.516. The van der Waals surface area contributed by atoms with Crippen LogP contribution in [0.2, 0.25) is 0 Å². The molecule has 0 unspecified atom stereocenters. The summed E-state index contributed by atoms with van der Waals surface area (Å²) in [6.45, 7) is 8.19. The van der Waals surface area contributed by atoms with Gasteiger partial charge in [-0.2, -0.15) is 9.57 Å². The minimum absolute atomic E-state index is 0.264. The number of amides is 2. The fourth-order valence-electron chi connectivity index (χ4n) is 5.12. The number of carbonyl (C=O) groups excluding carboxylic acids is 2. The van der Waals surface area contributed by atoms with Crippen molar-refractivity contribution in [3.63, 3.8) is 0 Å². The summed E-state index contributed by atoms with van der Waals surface area (Å²) in [5, 5.41) is 15.4. The topological polar surface area (TPSA) is 141 Å². The van der Waals surface area contributed by atoms with Gasteiger partial charge in [0.15, 0.2) is 0 Å². The highest BCUT2D eigenvalue weighted by Gasteiger charge is 2.43. The molecular formula is C31H41N5O6S. The third-order valence-electron chi connectivity index (χ3n) is 7.66. The van der Waals surface area contributed by atoms with Gasteiger partial charge in [-0.25, -0.2) is 13.2 Å². The van der Waals surface area contributed by atoms with Crippen molar-refractivity contribution in [1.82, 2.24) is 19.8 Å². The molecule has 2 fully saturated rings. The third kappa shape index (κ3) is 8.32. The van der Waals surface area contributed by atoms with E-state index in [1.165, 1.54) is 4.31 Å². The maximum absolute atomic E-state index is 13.4. The number of nitrogens with one attached hydrogen (secondary N) is 2. The van der Waals surface area contributed by atoms with Crippen molar-refractivity contribution in [3.8, 4) is 17.2 Å². The van der Waals surface area contributed by atoms with Gasteiger partial charge in [0.05, 0.1) is 11.0 Å². The highest BCUT2D eigenvalue weighted by molar-refractivity contribution is 7.89. The van der Waals surface area contributed by atoms with Crippen molar-refractivity contribution >= 4 is 22.0 Å². The molecule has 2 aromatic rings. The summed E-state index contributed by atoms with van der Waals surface area (Å²) in [6.07, 6.45) is 0.100. The summed E-state index contributed by atoms with van der Waals surface area (Å²) < 4.78 is 38.4. The Kier molecular flexibility index (Phi) is 10.1. The van der Waals surface area contributed by atoms with Crippen molar-refractivity contribution in [2.24, 2.45) is 0 Å². The summed E-state index contributed by atoms with van der Waals surface area (Å²) in [6, 6.07) is 15.8. The third-order valence-corrected chi connectivity index (χ3v) is 9.58. The number of sulfonamides is 1. The predicted octanol–water partition coefficient (Wildman–Crippen LogP) is 2.91. The zero-order valence-corrected chi connectivity index (χ0v) is 26.1. The lowest BCUT2D eigenvalue weighted by Gasteiger charge is -2.37. The van der Waals surface area contributed by atoms with E-state index in [1.54, 1.807) is 45.0 Å². The Balaban J connectivity index is 1.39. The zero-order chi connectivity index (χ0) is 31.3. The van der Waals surface area contributed by atoms with Gasteiger partial charge in [-0.05, 0) is 56.6 Å². The molecule has 2 N–H and O–H groups in total. The average molecular weight is 612 g/mol. The smallest absolute Gasteiger partial charge is 0.408 e. The maximum Gasteiger partial charge on any atom is 0.408 e. The molecule has 0 radical (unpaired) electrons. The lowest BCUT2D eigenvalue weighted by Crippen LogP contribution is -2.63. The van der Waals surface area contributed by atoms with Crippen molar-refractivity contribution in [1.29, 1.82) is 5.26 Å². The first-order valence-electron chi connectivity index (χ1n) is 14.5. The number of nitriles is 1. The van der Waals surface area contributed by atoms with Crippen LogP contribution in [0.4, 0.5) is 4.79 Å². The van der Waals surface area contributed by atoms with E-state index >= 15 is 0 Å². The van der Waals surface area contributed by atoms with Crippen LogP contribution in [-0.2, 0) is 30.7 Å². The molecule has 4 rings (SSSR count). The Morgan fingerprint density at radius 2 is 1.56 bits per heavy atom. The van der Waals surface area contributed by atoms with E-state index in [0.717, 1.165) is 16.7 Å². The monoisotopic (exact) mass is 611 g/mol. The Morgan fingerprint density at radius 1 is 1.00 bits per heavy atom. The molecule has 2 aliphatic heterocycles. The Bertz CT molecular complexity index is 1420. The number of likely N-dealkylation sites (N-methyl/N-ethyl adjacent to an activating group) is 1. The number of carbonyl (C=O) groups is 2. The zero-order valence-electron chi connectivity index (χ0n) is 25.3. The number of hydrogen-bond acceptors (Lipinski definition) is 8. The molecule has 0 spiro atoms. The van der Waals surface area contributed by atoms with E-state index in [9.17, 15) is 23.3 Å². The minimum atomic E-state index is -3.54. The number of nitrogens with zero attached hydrogens (tertiary/aromatic N) is 3. The molecule has 232 valence electrons. The first kappa shape index (κ1) is 32.4. The van der Waals surface area contributed by atoms with Crippen LogP contribution in [0, 0.1) is 11.3 Å². The number of rotatable bonds is 8.